The van der Waals surface area contributed by atoms with Crippen LogP contribution >= 0.6 is 0 Å². The molecule has 0 spiro atoms. The highest BCUT2D eigenvalue weighted by Crippen LogP contribution is 2.28. The zero-order chi connectivity index (χ0) is 20.5. The molecule has 0 radical (unpaired) electrons. The van der Waals surface area contributed by atoms with Gasteiger partial charge in [0.1, 0.15) is 17.1 Å². The SMILES string of the molecule is CC(C)(C)OC(=O)NCCn1ccc2c1C(=O)C=C(c1ccc(F)cc1)C2=O. The second-order valence-corrected chi connectivity index (χ2v) is 7.46. The van der Waals surface area contributed by atoms with Gasteiger partial charge < -0.3 is 14.6 Å². The quantitative estimate of drug-likeness (QED) is 0.874. The number of allylic oxidation sites excluding steroid dienone is 2. The molecule has 0 saturated heterocycles. The number of hydrogen-bond acceptors (Lipinski definition) is 4. The summed E-state index contributed by atoms with van der Waals surface area (Å²) in [5.41, 5.74) is 0.707. The van der Waals surface area contributed by atoms with E-state index in [2.05, 4.69) is 5.32 Å². The molecule has 7 heteroatoms. The van der Waals surface area contributed by atoms with Gasteiger partial charge in [-0.15, -0.1) is 0 Å². The summed E-state index contributed by atoms with van der Waals surface area (Å²) in [6, 6.07) is 7.02. The van der Waals surface area contributed by atoms with E-state index in [1.54, 1.807) is 37.6 Å². The van der Waals surface area contributed by atoms with Gasteiger partial charge in [-0.3, -0.25) is 9.59 Å². The number of Topliss-reactive ketones (excluding diaryl/α,β-unsaturated/α-hetero) is 1. The lowest BCUT2D eigenvalue weighted by atomic mass is 9.90. The van der Waals surface area contributed by atoms with E-state index in [1.165, 1.54) is 30.3 Å². The molecular formula is C21H21FN2O4. The zero-order valence-corrected chi connectivity index (χ0v) is 15.9. The fraction of sp³-hybridized carbons (Fsp3) is 0.286. The van der Waals surface area contributed by atoms with Crippen molar-refractivity contribution in [2.45, 2.75) is 32.9 Å². The Labute approximate surface area is 162 Å². The number of ketones is 2. The number of carbonyl (C=O) groups is 3. The number of benzene rings is 1. The van der Waals surface area contributed by atoms with Gasteiger partial charge in [-0.25, -0.2) is 9.18 Å². The van der Waals surface area contributed by atoms with Gasteiger partial charge in [-0.05, 0) is 50.6 Å². The van der Waals surface area contributed by atoms with E-state index in [0.29, 0.717) is 17.7 Å². The monoisotopic (exact) mass is 384 g/mol. The van der Waals surface area contributed by atoms with E-state index < -0.39 is 17.5 Å². The molecular weight excluding hydrogens is 363 g/mol. The van der Waals surface area contributed by atoms with Crippen molar-refractivity contribution in [1.82, 2.24) is 9.88 Å². The smallest absolute Gasteiger partial charge is 0.407 e. The molecule has 3 rings (SSSR count). The lowest BCUT2D eigenvalue weighted by molar-refractivity contribution is 0.0526. The predicted octanol–water partition coefficient (Wildman–Crippen LogP) is 3.61. The van der Waals surface area contributed by atoms with Crippen LogP contribution in [-0.4, -0.2) is 34.4 Å². The maximum Gasteiger partial charge on any atom is 0.407 e. The minimum atomic E-state index is -0.597. The topological polar surface area (TPSA) is 77.4 Å². The van der Waals surface area contributed by atoms with E-state index in [0.717, 1.165) is 0 Å². The van der Waals surface area contributed by atoms with Crippen molar-refractivity contribution < 1.29 is 23.5 Å². The third-order valence-corrected chi connectivity index (χ3v) is 4.14. The number of nitrogens with one attached hydrogen (secondary N) is 1. The lowest BCUT2D eigenvalue weighted by Gasteiger charge is -2.20. The summed E-state index contributed by atoms with van der Waals surface area (Å²) in [4.78, 5) is 37.1. The van der Waals surface area contributed by atoms with E-state index in [-0.39, 0.29) is 29.4 Å². The second kappa shape index (κ2) is 7.42. The first kappa shape index (κ1) is 19.5. The van der Waals surface area contributed by atoms with E-state index in [4.69, 9.17) is 4.74 Å². The van der Waals surface area contributed by atoms with Crippen molar-refractivity contribution >= 4 is 23.2 Å². The number of hydrogen-bond donors (Lipinski definition) is 1. The second-order valence-electron chi connectivity index (χ2n) is 7.46. The predicted molar refractivity (Wildman–Crippen MR) is 102 cm³/mol. The minimum absolute atomic E-state index is 0.238. The Morgan fingerprint density at radius 1 is 1.14 bits per heavy atom. The summed E-state index contributed by atoms with van der Waals surface area (Å²) in [7, 11) is 0. The van der Waals surface area contributed by atoms with E-state index in [1.807, 2.05) is 0 Å². The molecule has 2 aromatic rings. The first-order chi connectivity index (χ1) is 13.2. The Morgan fingerprint density at radius 3 is 2.46 bits per heavy atom. The number of alkyl carbamates (subject to hydrolysis) is 1. The number of aromatic nitrogens is 1. The summed E-state index contributed by atoms with van der Waals surface area (Å²) in [6.45, 7) is 5.86. The molecule has 0 aliphatic heterocycles. The van der Waals surface area contributed by atoms with Crippen LogP contribution in [0.1, 0.15) is 47.2 Å². The van der Waals surface area contributed by atoms with Crippen molar-refractivity contribution in [3.8, 4) is 0 Å². The maximum atomic E-state index is 13.1. The Balaban J connectivity index is 1.73. The van der Waals surface area contributed by atoms with Gasteiger partial charge >= 0.3 is 6.09 Å². The molecule has 0 bridgehead atoms. The molecule has 1 aromatic carbocycles. The number of carbonyl (C=O) groups excluding carboxylic acids is 3. The van der Waals surface area contributed by atoms with Gasteiger partial charge in [-0.1, -0.05) is 12.1 Å². The molecule has 1 aliphatic carbocycles. The van der Waals surface area contributed by atoms with E-state index in [9.17, 15) is 18.8 Å². The number of fused-ring (bicyclic) bond motifs is 1. The molecule has 1 aliphatic rings. The van der Waals surface area contributed by atoms with Gasteiger partial charge in [-0.2, -0.15) is 0 Å². The number of ether oxygens (including phenoxy) is 1. The van der Waals surface area contributed by atoms with Gasteiger partial charge in [0.05, 0.1) is 5.56 Å². The molecule has 1 N–H and O–H groups in total. The lowest BCUT2D eigenvalue weighted by Crippen LogP contribution is -2.34. The summed E-state index contributed by atoms with van der Waals surface area (Å²) in [5, 5.41) is 2.62. The normalized spacial score (nSPS) is 13.8. The van der Waals surface area contributed by atoms with Crippen LogP contribution in [0.25, 0.3) is 5.57 Å². The Morgan fingerprint density at radius 2 is 1.82 bits per heavy atom. The van der Waals surface area contributed by atoms with Gasteiger partial charge in [0, 0.05) is 24.9 Å². The van der Waals surface area contributed by atoms with Crippen LogP contribution in [0.15, 0.2) is 42.6 Å². The van der Waals surface area contributed by atoms with Crippen molar-refractivity contribution in [3.63, 3.8) is 0 Å². The molecule has 6 nitrogen and oxygen atoms in total. The molecule has 1 amide bonds. The standard InChI is InChI=1S/C21H21FN2O4/c1-21(2,3)28-20(27)23-9-11-24-10-8-15-18(24)17(25)12-16(19(15)26)13-4-6-14(22)7-5-13/h4-8,10,12H,9,11H2,1-3H3,(H,23,27). The molecule has 0 unspecified atom stereocenters. The third-order valence-electron chi connectivity index (χ3n) is 4.14. The molecule has 146 valence electrons. The summed E-state index contributed by atoms with van der Waals surface area (Å²) in [6.07, 6.45) is 2.36. The minimum Gasteiger partial charge on any atom is -0.444 e. The average Bonchev–Trinajstić information content (AvgIpc) is 3.02. The fourth-order valence-corrected chi connectivity index (χ4v) is 2.96. The van der Waals surface area contributed by atoms with E-state index >= 15 is 0 Å². The summed E-state index contributed by atoms with van der Waals surface area (Å²) >= 11 is 0. The van der Waals surface area contributed by atoms with Crippen LogP contribution in [0, 0.1) is 5.82 Å². The molecule has 0 fully saturated rings. The van der Waals surface area contributed by atoms with Gasteiger partial charge in [0.2, 0.25) is 5.78 Å². The largest absolute Gasteiger partial charge is 0.444 e. The molecule has 1 aromatic heterocycles. The van der Waals surface area contributed by atoms with Crippen LogP contribution < -0.4 is 5.32 Å². The van der Waals surface area contributed by atoms with Gasteiger partial charge in [0.15, 0.2) is 5.78 Å². The van der Waals surface area contributed by atoms with Crippen LogP contribution in [-0.2, 0) is 11.3 Å². The average molecular weight is 384 g/mol. The molecule has 28 heavy (non-hydrogen) atoms. The number of halogens is 1. The highest BCUT2D eigenvalue weighted by Gasteiger charge is 2.29. The third kappa shape index (κ3) is 4.19. The highest BCUT2D eigenvalue weighted by atomic mass is 19.1. The van der Waals surface area contributed by atoms with Crippen LogP contribution in [0.2, 0.25) is 0 Å². The Bertz CT molecular complexity index is 965. The van der Waals surface area contributed by atoms with Crippen molar-refractivity contribution in [1.29, 1.82) is 0 Å². The first-order valence-corrected chi connectivity index (χ1v) is 8.88. The van der Waals surface area contributed by atoms with Crippen LogP contribution in [0.4, 0.5) is 9.18 Å². The summed E-state index contributed by atoms with van der Waals surface area (Å²) < 4.78 is 19.9. The number of rotatable bonds is 4. The zero-order valence-electron chi connectivity index (χ0n) is 15.9. The number of amides is 1. The molecule has 0 atom stereocenters. The fourth-order valence-electron chi connectivity index (χ4n) is 2.96. The first-order valence-electron chi connectivity index (χ1n) is 8.88. The Kier molecular flexibility index (Phi) is 5.18. The maximum absolute atomic E-state index is 13.1. The van der Waals surface area contributed by atoms with Crippen LogP contribution in [0.5, 0.6) is 0 Å². The van der Waals surface area contributed by atoms with Crippen molar-refractivity contribution in [2.75, 3.05) is 6.54 Å². The molecule has 0 saturated carbocycles. The number of nitrogens with zero attached hydrogens (tertiary/aromatic N) is 1. The van der Waals surface area contributed by atoms with Crippen molar-refractivity contribution in [2.24, 2.45) is 0 Å². The van der Waals surface area contributed by atoms with Crippen LogP contribution in [0.3, 0.4) is 0 Å². The highest BCUT2D eigenvalue weighted by molar-refractivity contribution is 6.38. The summed E-state index contributed by atoms with van der Waals surface area (Å²) in [5.74, 6) is -1.01. The van der Waals surface area contributed by atoms with Gasteiger partial charge in [0.25, 0.3) is 0 Å². The molecule has 1 heterocycles. The Hall–Kier alpha value is -3.22. The van der Waals surface area contributed by atoms with Crippen molar-refractivity contribution in [3.05, 3.63) is 65.2 Å².